The molecule has 2 heterocycles. The van der Waals surface area contributed by atoms with Crippen molar-refractivity contribution in [1.29, 1.82) is 0 Å². The van der Waals surface area contributed by atoms with Crippen molar-refractivity contribution in [1.82, 2.24) is 20.1 Å². The molecule has 0 amide bonds. The van der Waals surface area contributed by atoms with E-state index >= 15 is 0 Å². The normalized spacial score (nSPS) is 18.3. The summed E-state index contributed by atoms with van der Waals surface area (Å²) in [6.45, 7) is 1.64. The summed E-state index contributed by atoms with van der Waals surface area (Å²) in [7, 11) is 3.76. The topological polar surface area (TPSA) is 58.3 Å². The minimum atomic E-state index is 0. The highest BCUT2D eigenvalue weighted by atomic mass is 127. The van der Waals surface area contributed by atoms with Gasteiger partial charge in [0, 0.05) is 31.7 Å². The molecule has 1 saturated carbocycles. The van der Waals surface area contributed by atoms with Crippen molar-refractivity contribution in [2.45, 2.75) is 37.6 Å². The molecule has 2 aromatic rings. The van der Waals surface area contributed by atoms with Crippen LogP contribution in [0.25, 0.3) is 0 Å². The van der Waals surface area contributed by atoms with Gasteiger partial charge in [-0.05, 0) is 24.5 Å². The quantitative estimate of drug-likeness (QED) is 0.433. The van der Waals surface area contributed by atoms with Gasteiger partial charge in [0.25, 0.3) is 0 Å². The highest BCUT2D eigenvalue weighted by molar-refractivity contribution is 14.0. The van der Waals surface area contributed by atoms with E-state index in [1.165, 1.54) is 36.9 Å². The van der Waals surface area contributed by atoms with E-state index < -0.39 is 0 Å². The smallest absolute Gasteiger partial charge is 0.198 e. The zero-order chi connectivity index (χ0) is 16.6. The molecule has 1 spiro atoms. The van der Waals surface area contributed by atoms with Crippen LogP contribution in [0.1, 0.15) is 37.1 Å². The molecule has 0 bridgehead atoms. The lowest BCUT2D eigenvalue weighted by atomic mass is 9.81. The summed E-state index contributed by atoms with van der Waals surface area (Å²) in [5.41, 5.74) is 3.09. The molecule has 7 heteroatoms. The molecule has 2 aliphatic rings. The van der Waals surface area contributed by atoms with Crippen LogP contribution in [-0.2, 0) is 19.0 Å². The van der Waals surface area contributed by atoms with Crippen molar-refractivity contribution < 1.29 is 0 Å². The number of aromatic nitrogens is 3. The summed E-state index contributed by atoms with van der Waals surface area (Å²) < 4.78 is 1.79. The van der Waals surface area contributed by atoms with Crippen molar-refractivity contribution in [2.24, 2.45) is 12.0 Å². The Hall–Kier alpha value is -1.64. The van der Waals surface area contributed by atoms with Crippen LogP contribution in [0, 0.1) is 0 Å². The molecule has 1 aliphatic carbocycles. The third-order valence-electron chi connectivity index (χ3n) is 5.46. The molecule has 134 valence electrons. The Morgan fingerprint density at radius 3 is 2.72 bits per heavy atom. The number of nitrogens with one attached hydrogen (secondary N) is 1. The number of benzene rings is 1. The number of halogens is 1. The monoisotopic (exact) mass is 452 g/mol. The Bertz CT molecular complexity index is 762. The third kappa shape index (κ3) is 3.14. The lowest BCUT2D eigenvalue weighted by Crippen LogP contribution is -2.43. The molecule has 25 heavy (non-hydrogen) atoms. The predicted octanol–water partition coefficient (Wildman–Crippen LogP) is 2.84. The fraction of sp³-hybridized carbons (Fsp3) is 0.500. The van der Waals surface area contributed by atoms with Crippen LogP contribution in [0.15, 0.2) is 35.6 Å². The fourth-order valence-corrected chi connectivity index (χ4v) is 4.23. The molecule has 1 aromatic heterocycles. The van der Waals surface area contributed by atoms with Crippen molar-refractivity contribution >= 4 is 35.6 Å². The van der Waals surface area contributed by atoms with Crippen molar-refractivity contribution in [2.75, 3.05) is 18.5 Å². The van der Waals surface area contributed by atoms with Gasteiger partial charge in [0.1, 0.15) is 12.2 Å². The van der Waals surface area contributed by atoms with Crippen LogP contribution in [-0.4, -0.2) is 34.3 Å². The average Bonchev–Trinajstić information content (AvgIpc) is 3.31. The molecule has 6 nitrogen and oxygen atoms in total. The fourth-order valence-electron chi connectivity index (χ4n) is 4.23. The van der Waals surface area contributed by atoms with E-state index in [1.54, 1.807) is 11.0 Å². The first-order chi connectivity index (χ1) is 11.7. The Labute approximate surface area is 165 Å². The molecule has 0 atom stereocenters. The Morgan fingerprint density at radius 2 is 2.04 bits per heavy atom. The first-order valence-electron chi connectivity index (χ1n) is 8.64. The van der Waals surface area contributed by atoms with Crippen LogP contribution < -0.4 is 10.2 Å². The summed E-state index contributed by atoms with van der Waals surface area (Å²) >= 11 is 0. The van der Waals surface area contributed by atoms with Gasteiger partial charge in [-0.15, -0.1) is 24.0 Å². The molecular formula is C18H25IN6. The van der Waals surface area contributed by atoms with Crippen LogP contribution in [0.2, 0.25) is 0 Å². The van der Waals surface area contributed by atoms with E-state index in [1.807, 2.05) is 14.1 Å². The summed E-state index contributed by atoms with van der Waals surface area (Å²) in [5, 5.41) is 7.58. The number of hydrogen-bond acceptors (Lipinski definition) is 3. The van der Waals surface area contributed by atoms with E-state index in [-0.39, 0.29) is 24.0 Å². The second-order valence-corrected chi connectivity index (χ2v) is 6.79. The highest BCUT2D eigenvalue weighted by Crippen LogP contribution is 2.50. The van der Waals surface area contributed by atoms with E-state index in [2.05, 4.69) is 49.6 Å². The molecule has 1 aromatic carbocycles. The van der Waals surface area contributed by atoms with E-state index in [4.69, 9.17) is 0 Å². The van der Waals surface area contributed by atoms with Crippen molar-refractivity contribution in [3.63, 3.8) is 0 Å². The second-order valence-electron chi connectivity index (χ2n) is 6.79. The highest BCUT2D eigenvalue weighted by Gasteiger charge is 2.45. The molecule has 0 radical (unpaired) electrons. The molecule has 1 aliphatic heterocycles. The standard InChI is InChI=1S/C18H24N6.HI/c1-19-17(20-11-16-21-13-22-23(16)2)24-12-18(9-5-6-10-18)14-7-3-4-8-15(14)24;/h3-4,7-8,13H,5-6,9-12H2,1-2H3,(H,19,20);1H. The molecule has 4 rings (SSSR count). The van der Waals surface area contributed by atoms with Gasteiger partial charge in [0.05, 0.1) is 6.54 Å². The Morgan fingerprint density at radius 1 is 1.28 bits per heavy atom. The maximum atomic E-state index is 4.53. The maximum absolute atomic E-state index is 4.53. The molecular weight excluding hydrogens is 427 g/mol. The van der Waals surface area contributed by atoms with E-state index in [0.717, 1.165) is 18.3 Å². The number of aliphatic imine (C=N–C) groups is 1. The number of hydrogen-bond donors (Lipinski definition) is 1. The number of nitrogens with zero attached hydrogens (tertiary/aromatic N) is 5. The van der Waals surface area contributed by atoms with E-state index in [0.29, 0.717) is 12.0 Å². The average molecular weight is 452 g/mol. The summed E-state index contributed by atoms with van der Waals surface area (Å²) in [4.78, 5) is 11.2. The number of aryl methyl sites for hydroxylation is 1. The molecule has 0 saturated heterocycles. The lowest BCUT2D eigenvalue weighted by molar-refractivity contribution is 0.478. The van der Waals surface area contributed by atoms with Crippen LogP contribution >= 0.6 is 24.0 Å². The van der Waals surface area contributed by atoms with Crippen LogP contribution in [0.4, 0.5) is 5.69 Å². The van der Waals surface area contributed by atoms with Gasteiger partial charge in [-0.25, -0.2) is 4.98 Å². The van der Waals surface area contributed by atoms with Gasteiger partial charge < -0.3 is 10.2 Å². The largest absolute Gasteiger partial charge is 0.349 e. The number of guanidine groups is 1. The zero-order valence-electron chi connectivity index (χ0n) is 14.8. The number of fused-ring (bicyclic) bond motifs is 2. The lowest BCUT2D eigenvalue weighted by Gasteiger charge is -2.26. The predicted molar refractivity (Wildman–Crippen MR) is 111 cm³/mol. The maximum Gasteiger partial charge on any atom is 0.198 e. The van der Waals surface area contributed by atoms with Crippen molar-refractivity contribution in [3.8, 4) is 0 Å². The Balaban J connectivity index is 0.00000182. The first kappa shape index (κ1) is 18.2. The van der Waals surface area contributed by atoms with Crippen LogP contribution in [0.5, 0.6) is 0 Å². The third-order valence-corrected chi connectivity index (χ3v) is 5.46. The number of para-hydroxylation sites is 1. The van der Waals surface area contributed by atoms with Gasteiger partial charge in [0.15, 0.2) is 5.96 Å². The SMILES string of the molecule is CN=C(NCc1ncnn1C)N1CC2(CCCC2)c2ccccc21.I. The minimum Gasteiger partial charge on any atom is -0.349 e. The van der Waals surface area contributed by atoms with Gasteiger partial charge >= 0.3 is 0 Å². The zero-order valence-corrected chi connectivity index (χ0v) is 17.1. The van der Waals surface area contributed by atoms with Gasteiger partial charge in [0.2, 0.25) is 0 Å². The van der Waals surface area contributed by atoms with Gasteiger partial charge in [-0.2, -0.15) is 5.10 Å². The minimum absolute atomic E-state index is 0. The summed E-state index contributed by atoms with van der Waals surface area (Å²) in [5.74, 6) is 1.81. The molecule has 1 N–H and O–H groups in total. The first-order valence-corrected chi connectivity index (χ1v) is 8.64. The summed E-state index contributed by atoms with van der Waals surface area (Å²) in [6.07, 6.45) is 6.79. The van der Waals surface area contributed by atoms with Crippen molar-refractivity contribution in [3.05, 3.63) is 42.0 Å². The number of rotatable bonds is 2. The van der Waals surface area contributed by atoms with Gasteiger partial charge in [-0.3, -0.25) is 9.67 Å². The van der Waals surface area contributed by atoms with E-state index in [9.17, 15) is 0 Å². The Kier molecular flexibility index (Phi) is 5.31. The number of anilines is 1. The molecule has 0 unspecified atom stereocenters. The van der Waals surface area contributed by atoms with Gasteiger partial charge in [-0.1, -0.05) is 31.0 Å². The summed E-state index contributed by atoms with van der Waals surface area (Å²) in [6, 6.07) is 8.81. The van der Waals surface area contributed by atoms with Crippen LogP contribution in [0.3, 0.4) is 0 Å². The molecule has 1 fully saturated rings. The second kappa shape index (κ2) is 7.31.